The van der Waals surface area contributed by atoms with Gasteiger partial charge in [0.15, 0.2) is 0 Å². The van der Waals surface area contributed by atoms with Gasteiger partial charge in [-0.25, -0.2) is 0 Å². The van der Waals surface area contributed by atoms with E-state index in [1.807, 2.05) is 43.3 Å². The van der Waals surface area contributed by atoms with Gasteiger partial charge in [0.2, 0.25) is 0 Å². The van der Waals surface area contributed by atoms with Crippen molar-refractivity contribution >= 4 is 5.71 Å². The molecule has 0 bridgehead atoms. The number of benzene rings is 2. The molecule has 2 aromatic rings. The Morgan fingerprint density at radius 2 is 1.53 bits per heavy atom. The third-order valence-corrected chi connectivity index (χ3v) is 3.17. The van der Waals surface area contributed by atoms with Crippen LogP contribution in [0.3, 0.4) is 0 Å². The molecule has 1 unspecified atom stereocenters. The Bertz CT molecular complexity index is 553. The molecule has 1 aliphatic heterocycles. The molecule has 0 saturated carbocycles. The van der Waals surface area contributed by atoms with Gasteiger partial charge in [-0.3, -0.25) is 0 Å². The third kappa shape index (κ3) is 2.96. The van der Waals surface area contributed by atoms with Gasteiger partial charge in [0.1, 0.15) is 0 Å². The molecule has 0 aliphatic carbocycles. The monoisotopic (exact) mass is 325 g/mol. The zero-order valence-electron chi connectivity index (χ0n) is 10.8. The van der Waals surface area contributed by atoms with Crippen molar-refractivity contribution in [3.05, 3.63) is 77.9 Å². The summed E-state index contributed by atoms with van der Waals surface area (Å²) in [5.74, 6) is 0.133. The molecule has 0 spiro atoms. The quantitative estimate of drug-likeness (QED) is 0.771. The summed E-state index contributed by atoms with van der Waals surface area (Å²) in [7, 11) is 0. The van der Waals surface area contributed by atoms with Gasteiger partial charge in [-0.15, -0.1) is 11.3 Å². The van der Waals surface area contributed by atoms with E-state index in [0.717, 1.165) is 17.4 Å². The van der Waals surface area contributed by atoms with E-state index >= 15 is 0 Å². The van der Waals surface area contributed by atoms with E-state index in [2.05, 4.69) is 29.4 Å². The minimum Gasteiger partial charge on any atom is -0.563 e. The molecule has 0 aromatic heterocycles. The standard InChI is InChI=1S/C16H14NO.Y/c1-12-15(13-8-4-2-5-9-13)16(17-18-12)14-10-6-3-7-11-14;/h2-11,15H,1H3;/q-1;. The van der Waals surface area contributed by atoms with Gasteiger partial charge in [-0.2, -0.15) is 6.92 Å². The fourth-order valence-corrected chi connectivity index (χ4v) is 2.29. The van der Waals surface area contributed by atoms with Gasteiger partial charge in [0, 0.05) is 32.7 Å². The van der Waals surface area contributed by atoms with Crippen LogP contribution in [0, 0.1) is 6.10 Å². The Morgan fingerprint density at radius 1 is 0.947 bits per heavy atom. The maximum atomic E-state index is 5.39. The first-order valence-corrected chi connectivity index (χ1v) is 6.05. The van der Waals surface area contributed by atoms with Crippen LogP contribution in [0.2, 0.25) is 0 Å². The Labute approximate surface area is 138 Å². The Kier molecular flexibility index (Phi) is 4.89. The molecule has 0 saturated heterocycles. The van der Waals surface area contributed by atoms with E-state index in [-0.39, 0.29) is 38.6 Å². The first-order valence-electron chi connectivity index (χ1n) is 6.05. The summed E-state index contributed by atoms with van der Waals surface area (Å²) in [4.78, 5) is 5.39. The van der Waals surface area contributed by atoms with Gasteiger partial charge in [0.05, 0.1) is 5.71 Å². The zero-order chi connectivity index (χ0) is 12.4. The number of rotatable bonds is 2. The molecule has 3 rings (SSSR count). The molecular weight excluding hydrogens is 311 g/mol. The van der Waals surface area contributed by atoms with Crippen molar-refractivity contribution < 1.29 is 37.5 Å². The second-order valence-corrected chi connectivity index (χ2v) is 4.39. The molecule has 0 fully saturated rings. The molecule has 2 aromatic carbocycles. The van der Waals surface area contributed by atoms with Gasteiger partial charge in [-0.05, 0) is 5.56 Å². The average Bonchev–Trinajstić information content (AvgIpc) is 2.83. The van der Waals surface area contributed by atoms with Crippen LogP contribution in [0.25, 0.3) is 0 Å². The van der Waals surface area contributed by atoms with Crippen LogP contribution in [-0.4, -0.2) is 5.71 Å². The number of hydrogen-bond acceptors (Lipinski definition) is 2. The number of nitrogens with zero attached hydrogens (tertiary/aromatic N) is 1. The Morgan fingerprint density at radius 3 is 2.16 bits per heavy atom. The summed E-state index contributed by atoms with van der Waals surface area (Å²) < 4.78 is 0. The minimum atomic E-state index is 0. The van der Waals surface area contributed by atoms with E-state index in [9.17, 15) is 0 Å². The van der Waals surface area contributed by atoms with Crippen LogP contribution in [0.4, 0.5) is 0 Å². The largest absolute Gasteiger partial charge is 0.563 e. The normalized spacial score (nSPS) is 18.4. The molecule has 1 aliphatic rings. The average molecular weight is 325 g/mol. The van der Waals surface area contributed by atoms with Crippen LogP contribution in [0.5, 0.6) is 0 Å². The molecule has 1 atom stereocenters. The molecule has 1 radical (unpaired) electrons. The van der Waals surface area contributed by atoms with Gasteiger partial charge in [-0.1, -0.05) is 72.1 Å². The van der Waals surface area contributed by atoms with Crippen LogP contribution in [0.15, 0.2) is 65.8 Å². The summed E-state index contributed by atoms with van der Waals surface area (Å²) in [6.45, 7) is 1.98. The van der Waals surface area contributed by atoms with E-state index in [0.29, 0.717) is 0 Å². The fraction of sp³-hybridized carbons (Fsp3) is 0.125. The first-order chi connectivity index (χ1) is 8.86. The minimum absolute atomic E-state index is 0. The second-order valence-electron chi connectivity index (χ2n) is 4.39. The maximum absolute atomic E-state index is 5.39. The van der Waals surface area contributed by atoms with Gasteiger partial charge < -0.3 is 4.84 Å². The predicted molar refractivity (Wildman–Crippen MR) is 72.2 cm³/mol. The van der Waals surface area contributed by atoms with Crippen LogP contribution >= 0.6 is 0 Å². The summed E-state index contributed by atoms with van der Waals surface area (Å²) in [6.07, 6.45) is 0.931. The van der Waals surface area contributed by atoms with Gasteiger partial charge in [0.25, 0.3) is 0 Å². The summed E-state index contributed by atoms with van der Waals surface area (Å²) in [6, 6.07) is 20.5. The van der Waals surface area contributed by atoms with Crippen molar-refractivity contribution in [1.82, 2.24) is 0 Å². The molecule has 1 heterocycles. The topological polar surface area (TPSA) is 21.6 Å². The molecule has 19 heavy (non-hydrogen) atoms. The van der Waals surface area contributed by atoms with Crippen molar-refractivity contribution in [3.63, 3.8) is 0 Å². The smallest absolute Gasteiger partial charge is 0.0646 e. The zero-order valence-corrected chi connectivity index (χ0v) is 13.6. The second kappa shape index (κ2) is 6.45. The molecule has 0 amide bonds. The van der Waals surface area contributed by atoms with Crippen molar-refractivity contribution in [2.75, 3.05) is 0 Å². The first kappa shape index (κ1) is 14.4. The number of hydrogen-bond donors (Lipinski definition) is 0. The predicted octanol–water partition coefficient (Wildman–Crippen LogP) is 3.75. The Balaban J connectivity index is 0.00000133. The van der Waals surface area contributed by atoms with Crippen LogP contribution < -0.4 is 0 Å². The molecular formula is C16H14NOY-. The van der Waals surface area contributed by atoms with E-state index in [1.54, 1.807) is 0 Å². The summed E-state index contributed by atoms with van der Waals surface area (Å²) in [5.41, 5.74) is 3.32. The van der Waals surface area contributed by atoms with Gasteiger partial charge >= 0.3 is 0 Å². The maximum Gasteiger partial charge on any atom is 0.0646 e. The molecule has 3 heteroatoms. The SMILES string of the molecule is C[C-]1ON=C(c2ccccc2)C1c1ccccc1.[Y]. The summed E-state index contributed by atoms with van der Waals surface area (Å²) in [5, 5.41) is 4.22. The fourth-order valence-electron chi connectivity index (χ4n) is 2.29. The van der Waals surface area contributed by atoms with E-state index in [1.165, 1.54) is 5.56 Å². The van der Waals surface area contributed by atoms with E-state index < -0.39 is 0 Å². The number of oxime groups is 1. The molecule has 0 N–H and O–H groups in total. The van der Waals surface area contributed by atoms with Crippen LogP contribution in [-0.2, 0) is 37.5 Å². The van der Waals surface area contributed by atoms with Crippen LogP contribution in [0.1, 0.15) is 24.0 Å². The van der Waals surface area contributed by atoms with Crippen molar-refractivity contribution in [2.45, 2.75) is 12.8 Å². The van der Waals surface area contributed by atoms with Crippen molar-refractivity contribution in [1.29, 1.82) is 0 Å². The molecule has 93 valence electrons. The van der Waals surface area contributed by atoms with Crippen molar-refractivity contribution in [2.24, 2.45) is 5.16 Å². The third-order valence-electron chi connectivity index (χ3n) is 3.17. The van der Waals surface area contributed by atoms with Crippen molar-refractivity contribution in [3.8, 4) is 0 Å². The van der Waals surface area contributed by atoms with E-state index in [4.69, 9.17) is 4.84 Å². The Hall–Kier alpha value is -0.986. The summed E-state index contributed by atoms with van der Waals surface area (Å²) >= 11 is 0. The molecule has 2 nitrogen and oxygen atoms in total.